The number of fused-ring (bicyclic) bond motifs is 1. The minimum atomic E-state index is -0.0435. The van der Waals surface area contributed by atoms with Crippen LogP contribution in [0.4, 0.5) is 0 Å². The van der Waals surface area contributed by atoms with Crippen molar-refractivity contribution in [2.45, 2.75) is 38.8 Å². The van der Waals surface area contributed by atoms with Gasteiger partial charge in [-0.2, -0.15) is 0 Å². The standard InChI is InChI=1S/C20H28N4O/c1-4-24-15-17-9-6-5-8-16(17)14-18(24)20(25)23(3)12-7-10-19-21-11-13-22(19)2/h5-6,8-9,11,13,18H,4,7,10,12,14-15H2,1-3H3/t18-/m1/s1. The Morgan fingerprint density at radius 1 is 1.32 bits per heavy atom. The summed E-state index contributed by atoms with van der Waals surface area (Å²) in [5, 5.41) is 0. The van der Waals surface area contributed by atoms with E-state index in [0.29, 0.717) is 0 Å². The second-order valence-electron chi connectivity index (χ2n) is 6.87. The van der Waals surface area contributed by atoms with Crippen molar-refractivity contribution in [3.63, 3.8) is 0 Å². The van der Waals surface area contributed by atoms with Crippen LogP contribution in [0, 0.1) is 0 Å². The number of likely N-dealkylation sites (N-methyl/N-ethyl adjacent to an activating group) is 2. The van der Waals surface area contributed by atoms with Gasteiger partial charge in [0.2, 0.25) is 5.91 Å². The van der Waals surface area contributed by atoms with Gasteiger partial charge in [-0.25, -0.2) is 4.98 Å². The van der Waals surface area contributed by atoms with Gasteiger partial charge in [0.1, 0.15) is 5.82 Å². The molecule has 0 aliphatic carbocycles. The van der Waals surface area contributed by atoms with E-state index in [-0.39, 0.29) is 11.9 Å². The Bertz CT molecular complexity index is 724. The predicted molar refractivity (Wildman–Crippen MR) is 99.2 cm³/mol. The first-order valence-corrected chi connectivity index (χ1v) is 9.12. The van der Waals surface area contributed by atoms with E-state index < -0.39 is 0 Å². The molecule has 0 saturated heterocycles. The van der Waals surface area contributed by atoms with E-state index in [0.717, 1.165) is 44.7 Å². The third kappa shape index (κ3) is 3.93. The zero-order valence-corrected chi connectivity index (χ0v) is 15.5. The van der Waals surface area contributed by atoms with E-state index in [2.05, 4.69) is 41.1 Å². The summed E-state index contributed by atoms with van der Waals surface area (Å²) in [6.07, 6.45) is 6.42. The predicted octanol–water partition coefficient (Wildman–Crippen LogP) is 2.26. The highest BCUT2D eigenvalue weighted by molar-refractivity contribution is 5.82. The molecule has 1 aromatic heterocycles. The fourth-order valence-electron chi connectivity index (χ4n) is 3.63. The van der Waals surface area contributed by atoms with Crippen LogP contribution in [0.5, 0.6) is 0 Å². The maximum Gasteiger partial charge on any atom is 0.240 e. The summed E-state index contributed by atoms with van der Waals surface area (Å²) >= 11 is 0. The maximum atomic E-state index is 13.0. The number of aryl methyl sites for hydroxylation is 2. The average molecular weight is 340 g/mol. The summed E-state index contributed by atoms with van der Waals surface area (Å²) in [5.41, 5.74) is 2.66. The van der Waals surface area contributed by atoms with E-state index in [1.165, 1.54) is 11.1 Å². The number of hydrogen-bond acceptors (Lipinski definition) is 3. The van der Waals surface area contributed by atoms with Crippen molar-refractivity contribution >= 4 is 5.91 Å². The number of aromatic nitrogens is 2. The Morgan fingerprint density at radius 2 is 2.08 bits per heavy atom. The molecule has 25 heavy (non-hydrogen) atoms. The number of imidazole rings is 1. The molecule has 1 amide bonds. The van der Waals surface area contributed by atoms with Gasteiger partial charge in [-0.05, 0) is 30.5 Å². The van der Waals surface area contributed by atoms with Crippen molar-refractivity contribution in [3.8, 4) is 0 Å². The van der Waals surface area contributed by atoms with Gasteiger partial charge in [0.25, 0.3) is 0 Å². The number of benzene rings is 1. The van der Waals surface area contributed by atoms with Crippen molar-refractivity contribution in [1.29, 1.82) is 0 Å². The van der Waals surface area contributed by atoms with Crippen molar-refractivity contribution in [1.82, 2.24) is 19.4 Å². The molecule has 3 rings (SSSR count). The molecule has 1 aliphatic heterocycles. The van der Waals surface area contributed by atoms with E-state index in [9.17, 15) is 4.79 Å². The van der Waals surface area contributed by atoms with Gasteiger partial charge in [-0.15, -0.1) is 0 Å². The highest BCUT2D eigenvalue weighted by atomic mass is 16.2. The van der Waals surface area contributed by atoms with E-state index in [1.807, 2.05) is 36.0 Å². The number of carbonyl (C=O) groups is 1. The third-order valence-corrected chi connectivity index (χ3v) is 5.23. The molecule has 1 aromatic carbocycles. The molecule has 134 valence electrons. The van der Waals surface area contributed by atoms with Crippen LogP contribution in [0.2, 0.25) is 0 Å². The van der Waals surface area contributed by atoms with Crippen LogP contribution in [0.3, 0.4) is 0 Å². The normalized spacial score (nSPS) is 17.3. The molecule has 1 atom stereocenters. The van der Waals surface area contributed by atoms with Gasteiger partial charge < -0.3 is 9.47 Å². The lowest BCUT2D eigenvalue weighted by Crippen LogP contribution is -2.50. The molecule has 0 spiro atoms. The summed E-state index contributed by atoms with van der Waals surface area (Å²) in [6, 6.07) is 8.44. The van der Waals surface area contributed by atoms with Crippen LogP contribution in [0.15, 0.2) is 36.7 Å². The van der Waals surface area contributed by atoms with E-state index in [1.54, 1.807) is 0 Å². The molecule has 0 bridgehead atoms. The molecule has 0 radical (unpaired) electrons. The van der Waals surface area contributed by atoms with Crippen LogP contribution >= 0.6 is 0 Å². The fraction of sp³-hybridized carbons (Fsp3) is 0.500. The molecule has 0 saturated carbocycles. The van der Waals surface area contributed by atoms with Gasteiger partial charge >= 0.3 is 0 Å². The van der Waals surface area contributed by atoms with Crippen LogP contribution in [-0.4, -0.2) is 51.4 Å². The number of hydrogen-bond donors (Lipinski definition) is 0. The first-order chi connectivity index (χ1) is 12.1. The van der Waals surface area contributed by atoms with Crippen molar-refractivity contribution in [2.75, 3.05) is 20.1 Å². The summed E-state index contributed by atoms with van der Waals surface area (Å²) in [4.78, 5) is 21.5. The lowest BCUT2D eigenvalue weighted by molar-refractivity contribution is -0.136. The van der Waals surface area contributed by atoms with Gasteiger partial charge in [-0.3, -0.25) is 9.69 Å². The van der Waals surface area contributed by atoms with Gasteiger partial charge in [0, 0.05) is 46.0 Å². The molecular formula is C20H28N4O. The summed E-state index contributed by atoms with van der Waals surface area (Å²) in [7, 11) is 3.94. The zero-order chi connectivity index (χ0) is 17.8. The molecule has 5 nitrogen and oxygen atoms in total. The molecule has 5 heteroatoms. The number of amides is 1. The van der Waals surface area contributed by atoms with Gasteiger partial charge in [-0.1, -0.05) is 31.2 Å². The number of rotatable bonds is 6. The fourth-order valence-corrected chi connectivity index (χ4v) is 3.63. The molecule has 2 aromatic rings. The minimum Gasteiger partial charge on any atom is -0.344 e. The molecule has 2 heterocycles. The van der Waals surface area contributed by atoms with Crippen molar-refractivity contribution in [2.24, 2.45) is 7.05 Å². The Balaban J connectivity index is 1.60. The Kier molecular flexibility index (Phi) is 5.53. The van der Waals surface area contributed by atoms with Crippen LogP contribution in [0.1, 0.15) is 30.3 Å². The highest BCUT2D eigenvalue weighted by Crippen LogP contribution is 2.24. The van der Waals surface area contributed by atoms with Crippen molar-refractivity contribution in [3.05, 3.63) is 53.6 Å². The lowest BCUT2D eigenvalue weighted by Gasteiger charge is -2.37. The molecule has 0 N–H and O–H groups in total. The molecule has 0 unspecified atom stereocenters. The Morgan fingerprint density at radius 3 is 2.76 bits per heavy atom. The first-order valence-electron chi connectivity index (χ1n) is 9.12. The Labute approximate surface area is 150 Å². The van der Waals surface area contributed by atoms with Crippen molar-refractivity contribution < 1.29 is 4.79 Å². The largest absolute Gasteiger partial charge is 0.344 e. The molecular weight excluding hydrogens is 312 g/mol. The van der Waals surface area contributed by atoms with Gasteiger partial charge in [0.05, 0.1) is 6.04 Å². The van der Waals surface area contributed by atoms with E-state index >= 15 is 0 Å². The van der Waals surface area contributed by atoms with Crippen LogP contribution < -0.4 is 0 Å². The van der Waals surface area contributed by atoms with Gasteiger partial charge in [0.15, 0.2) is 0 Å². The molecule has 1 aliphatic rings. The number of carbonyl (C=O) groups excluding carboxylic acids is 1. The quantitative estimate of drug-likeness (QED) is 0.810. The second-order valence-corrected chi connectivity index (χ2v) is 6.87. The smallest absolute Gasteiger partial charge is 0.240 e. The number of nitrogens with zero attached hydrogens (tertiary/aromatic N) is 4. The zero-order valence-electron chi connectivity index (χ0n) is 15.5. The monoisotopic (exact) mass is 340 g/mol. The third-order valence-electron chi connectivity index (χ3n) is 5.23. The topological polar surface area (TPSA) is 41.4 Å². The van der Waals surface area contributed by atoms with E-state index in [4.69, 9.17) is 0 Å². The summed E-state index contributed by atoms with van der Waals surface area (Å²) < 4.78 is 2.04. The van der Waals surface area contributed by atoms with Crippen LogP contribution in [0.25, 0.3) is 0 Å². The average Bonchev–Trinajstić information content (AvgIpc) is 3.04. The second kappa shape index (κ2) is 7.83. The lowest BCUT2D eigenvalue weighted by atomic mass is 9.93. The summed E-state index contributed by atoms with van der Waals surface area (Å²) in [6.45, 7) is 4.66. The highest BCUT2D eigenvalue weighted by Gasteiger charge is 2.32. The van der Waals surface area contributed by atoms with Crippen LogP contribution in [-0.2, 0) is 31.2 Å². The first kappa shape index (κ1) is 17.7. The Hall–Kier alpha value is -2.14. The molecule has 0 fully saturated rings. The minimum absolute atomic E-state index is 0.0435. The summed E-state index contributed by atoms with van der Waals surface area (Å²) in [5.74, 6) is 1.30. The SMILES string of the molecule is CCN1Cc2ccccc2C[C@@H]1C(=O)N(C)CCCc1nccn1C. The maximum absolute atomic E-state index is 13.0.